The van der Waals surface area contributed by atoms with E-state index in [1.54, 1.807) is 23.1 Å². The maximum absolute atomic E-state index is 13.5. The van der Waals surface area contributed by atoms with Gasteiger partial charge in [0.15, 0.2) is 0 Å². The molecule has 2 aromatic carbocycles. The molecule has 0 amide bonds. The zero-order valence-electron chi connectivity index (χ0n) is 10.9. The Balaban J connectivity index is 2.32. The molecule has 0 aliphatic carbocycles. The van der Waals surface area contributed by atoms with Gasteiger partial charge in [0.2, 0.25) is 0 Å². The van der Waals surface area contributed by atoms with Gasteiger partial charge in [-0.15, -0.1) is 11.6 Å². The van der Waals surface area contributed by atoms with Crippen molar-refractivity contribution in [2.45, 2.75) is 4.90 Å². The molecule has 1 N–H and O–H groups in total. The van der Waals surface area contributed by atoms with Crippen LogP contribution in [0.25, 0.3) is 0 Å². The topological polar surface area (TPSA) is 49.4 Å². The van der Waals surface area contributed by atoms with Crippen molar-refractivity contribution in [3.63, 3.8) is 0 Å². The Labute approximate surface area is 127 Å². The van der Waals surface area contributed by atoms with Crippen LogP contribution in [-0.4, -0.2) is 20.8 Å². The molecule has 1 heterocycles. The molecule has 2 aromatic rings. The van der Waals surface area contributed by atoms with Gasteiger partial charge in [-0.3, -0.25) is 4.72 Å². The first-order valence-corrected chi connectivity index (χ1v) is 8.29. The summed E-state index contributed by atoms with van der Waals surface area (Å²) in [7, 11) is -3.84. The summed E-state index contributed by atoms with van der Waals surface area (Å²) in [5.74, 6) is -0.290. The van der Waals surface area contributed by atoms with E-state index >= 15 is 0 Å². The van der Waals surface area contributed by atoms with Crippen molar-refractivity contribution >= 4 is 38.7 Å². The lowest BCUT2D eigenvalue weighted by Crippen LogP contribution is -2.20. The summed E-state index contributed by atoms with van der Waals surface area (Å²) < 4.78 is 40.8. The number of hydrogen-bond donors (Lipinski definition) is 1. The molecule has 0 unspecified atom stereocenters. The quantitative estimate of drug-likeness (QED) is 0.861. The van der Waals surface area contributed by atoms with Crippen LogP contribution < -0.4 is 9.62 Å². The lowest BCUT2D eigenvalue weighted by molar-refractivity contribution is 0.595. The first kappa shape index (κ1) is 14.2. The fraction of sp³-hybridized carbons (Fsp3) is 0.143. The van der Waals surface area contributed by atoms with E-state index in [1.165, 1.54) is 12.1 Å². The van der Waals surface area contributed by atoms with E-state index in [4.69, 9.17) is 11.6 Å². The van der Waals surface area contributed by atoms with Gasteiger partial charge in [0, 0.05) is 12.4 Å². The summed E-state index contributed by atoms with van der Waals surface area (Å²) in [4.78, 5) is 1.68. The third-order valence-corrected chi connectivity index (χ3v) is 4.81. The van der Waals surface area contributed by atoms with Crippen molar-refractivity contribution in [2.75, 3.05) is 22.0 Å². The standard InChI is InChI=1S/C14H12ClFN2O2S/c15-7-8-18-12-4-2-1-3-11(12)17-21(19,20)14-9-10(16)5-6-13(14)18/h1-6,9,17H,7-8H2. The summed E-state index contributed by atoms with van der Waals surface area (Å²) in [6.45, 7) is 0.411. The van der Waals surface area contributed by atoms with Gasteiger partial charge < -0.3 is 4.90 Å². The van der Waals surface area contributed by atoms with Crippen molar-refractivity contribution in [3.05, 3.63) is 48.3 Å². The minimum absolute atomic E-state index is 0.0937. The SMILES string of the molecule is O=S1(=O)Nc2ccccc2N(CCCl)c2ccc(F)cc21. The highest BCUT2D eigenvalue weighted by molar-refractivity contribution is 7.93. The summed E-state index contributed by atoms with van der Waals surface area (Å²) in [5, 5.41) is 0. The van der Waals surface area contributed by atoms with Crippen molar-refractivity contribution in [3.8, 4) is 0 Å². The average molecular weight is 327 g/mol. The smallest absolute Gasteiger partial charge is 0.264 e. The lowest BCUT2D eigenvalue weighted by Gasteiger charge is -2.24. The van der Waals surface area contributed by atoms with Gasteiger partial charge >= 0.3 is 0 Å². The highest BCUT2D eigenvalue weighted by atomic mass is 35.5. The Hall–Kier alpha value is -1.79. The second-order valence-electron chi connectivity index (χ2n) is 4.58. The Bertz CT molecular complexity index is 795. The van der Waals surface area contributed by atoms with E-state index in [1.807, 2.05) is 6.07 Å². The number of halogens is 2. The Kier molecular flexibility index (Phi) is 3.51. The van der Waals surface area contributed by atoms with Crippen LogP contribution in [0.2, 0.25) is 0 Å². The minimum Gasteiger partial charge on any atom is -0.337 e. The number of hydrogen-bond acceptors (Lipinski definition) is 3. The zero-order valence-corrected chi connectivity index (χ0v) is 12.5. The van der Waals surface area contributed by atoms with Crippen LogP contribution in [0, 0.1) is 5.82 Å². The fourth-order valence-electron chi connectivity index (χ4n) is 2.38. The number of rotatable bonds is 2. The number of alkyl halides is 1. The van der Waals surface area contributed by atoms with Crippen LogP contribution >= 0.6 is 11.6 Å². The molecular formula is C14H12ClFN2O2S. The second-order valence-corrected chi connectivity index (χ2v) is 6.60. The van der Waals surface area contributed by atoms with E-state index < -0.39 is 15.8 Å². The van der Waals surface area contributed by atoms with E-state index in [9.17, 15) is 12.8 Å². The lowest BCUT2D eigenvalue weighted by atomic mass is 10.2. The number of para-hydroxylation sites is 2. The van der Waals surface area contributed by atoms with Gasteiger partial charge in [-0.1, -0.05) is 12.1 Å². The molecule has 0 atom stereocenters. The molecule has 0 saturated carbocycles. The summed E-state index contributed by atoms with van der Waals surface area (Å²) in [5.41, 5.74) is 1.54. The molecule has 0 fully saturated rings. The molecule has 110 valence electrons. The van der Waals surface area contributed by atoms with Gasteiger partial charge in [-0.25, -0.2) is 12.8 Å². The van der Waals surface area contributed by atoms with Gasteiger partial charge in [-0.05, 0) is 30.3 Å². The first-order valence-electron chi connectivity index (χ1n) is 6.28. The third-order valence-electron chi connectivity index (χ3n) is 3.25. The number of fused-ring (bicyclic) bond motifs is 2. The van der Waals surface area contributed by atoms with Gasteiger partial charge in [-0.2, -0.15) is 0 Å². The molecule has 0 saturated heterocycles. The number of anilines is 3. The zero-order chi connectivity index (χ0) is 15.0. The largest absolute Gasteiger partial charge is 0.337 e. The average Bonchev–Trinajstić information content (AvgIpc) is 2.53. The van der Waals surface area contributed by atoms with Gasteiger partial charge in [0.1, 0.15) is 10.7 Å². The molecule has 0 spiro atoms. The highest BCUT2D eigenvalue weighted by Crippen LogP contribution is 2.40. The maximum Gasteiger partial charge on any atom is 0.264 e. The normalized spacial score (nSPS) is 15.6. The van der Waals surface area contributed by atoms with Crippen LogP contribution in [0.4, 0.5) is 21.5 Å². The summed E-state index contributed by atoms with van der Waals surface area (Å²) >= 11 is 5.84. The predicted octanol–water partition coefficient (Wildman–Crippen LogP) is 3.32. The van der Waals surface area contributed by atoms with E-state index in [0.29, 0.717) is 29.5 Å². The number of benzene rings is 2. The Morgan fingerprint density at radius 1 is 1.14 bits per heavy atom. The molecule has 4 nitrogen and oxygen atoms in total. The van der Waals surface area contributed by atoms with Crippen LogP contribution in [0.3, 0.4) is 0 Å². The summed E-state index contributed by atoms with van der Waals surface area (Å²) in [6.07, 6.45) is 0. The second kappa shape index (κ2) is 5.20. The maximum atomic E-state index is 13.5. The van der Waals surface area contributed by atoms with Crippen LogP contribution in [0.1, 0.15) is 0 Å². The molecule has 0 bridgehead atoms. The molecule has 1 aliphatic heterocycles. The molecule has 1 aliphatic rings. The predicted molar refractivity (Wildman–Crippen MR) is 81.4 cm³/mol. The van der Waals surface area contributed by atoms with Crippen molar-refractivity contribution < 1.29 is 12.8 Å². The molecule has 7 heteroatoms. The van der Waals surface area contributed by atoms with Crippen molar-refractivity contribution in [2.24, 2.45) is 0 Å². The minimum atomic E-state index is -3.84. The molecule has 3 rings (SSSR count). The van der Waals surface area contributed by atoms with Crippen molar-refractivity contribution in [1.29, 1.82) is 0 Å². The summed E-state index contributed by atoms with van der Waals surface area (Å²) in [6, 6.07) is 10.7. The number of nitrogens with one attached hydrogen (secondary N) is 1. The van der Waals surface area contributed by atoms with Gasteiger partial charge in [0.05, 0.1) is 17.1 Å². The fourth-order valence-corrected chi connectivity index (χ4v) is 3.84. The van der Waals surface area contributed by atoms with E-state index in [0.717, 1.165) is 6.07 Å². The number of sulfonamides is 1. The van der Waals surface area contributed by atoms with Crippen molar-refractivity contribution in [1.82, 2.24) is 0 Å². The number of nitrogens with zero attached hydrogens (tertiary/aromatic N) is 1. The highest BCUT2D eigenvalue weighted by Gasteiger charge is 2.29. The molecular weight excluding hydrogens is 315 g/mol. The van der Waals surface area contributed by atoms with Gasteiger partial charge in [0.25, 0.3) is 10.0 Å². The molecule has 0 radical (unpaired) electrons. The van der Waals surface area contributed by atoms with Crippen LogP contribution in [-0.2, 0) is 10.0 Å². The van der Waals surface area contributed by atoms with Crippen LogP contribution in [0.15, 0.2) is 47.4 Å². The third kappa shape index (κ3) is 2.45. The van der Waals surface area contributed by atoms with E-state index in [-0.39, 0.29) is 4.90 Å². The molecule has 0 aromatic heterocycles. The Morgan fingerprint density at radius 3 is 2.67 bits per heavy atom. The Morgan fingerprint density at radius 2 is 1.90 bits per heavy atom. The first-order chi connectivity index (χ1) is 10.0. The monoisotopic (exact) mass is 326 g/mol. The molecule has 21 heavy (non-hydrogen) atoms. The van der Waals surface area contributed by atoms with Crippen LogP contribution in [0.5, 0.6) is 0 Å². The van der Waals surface area contributed by atoms with E-state index in [2.05, 4.69) is 4.72 Å².